The van der Waals surface area contributed by atoms with E-state index >= 15 is 0 Å². The highest BCUT2D eigenvalue weighted by atomic mass is 14.8. The van der Waals surface area contributed by atoms with Gasteiger partial charge < -0.3 is 11.1 Å². The normalized spacial score (nSPS) is 25.9. The van der Waals surface area contributed by atoms with Crippen molar-refractivity contribution in [1.82, 2.24) is 5.32 Å². The zero-order chi connectivity index (χ0) is 8.10. The molecule has 1 aliphatic carbocycles. The molecule has 0 aromatic carbocycles. The first-order valence-corrected chi connectivity index (χ1v) is 4.16. The molecule has 0 heterocycles. The largest absolute Gasteiger partial charge is 0.404 e. The summed E-state index contributed by atoms with van der Waals surface area (Å²) >= 11 is 0. The lowest BCUT2D eigenvalue weighted by Crippen LogP contribution is -2.05. The number of nitrogens with two attached hydrogens (primary N) is 1. The summed E-state index contributed by atoms with van der Waals surface area (Å²) in [4.78, 5) is 0. The van der Waals surface area contributed by atoms with Crippen molar-refractivity contribution in [2.75, 3.05) is 7.05 Å². The predicted molar refractivity (Wildman–Crippen MR) is 47.9 cm³/mol. The molecular formula is C9H16N2. The maximum absolute atomic E-state index is 5.49. The molecule has 0 aromatic rings. The van der Waals surface area contributed by atoms with E-state index in [1.165, 1.54) is 30.4 Å². The molecule has 1 fully saturated rings. The Morgan fingerprint density at radius 3 is 2.45 bits per heavy atom. The van der Waals surface area contributed by atoms with Gasteiger partial charge in [-0.3, -0.25) is 0 Å². The third-order valence-electron chi connectivity index (χ3n) is 2.07. The number of hydrogen-bond acceptors (Lipinski definition) is 2. The van der Waals surface area contributed by atoms with Gasteiger partial charge in [-0.05, 0) is 49.2 Å². The summed E-state index contributed by atoms with van der Waals surface area (Å²) in [5.41, 5.74) is 8.18. The van der Waals surface area contributed by atoms with Crippen LogP contribution in [0.3, 0.4) is 0 Å². The first-order valence-electron chi connectivity index (χ1n) is 4.16. The van der Waals surface area contributed by atoms with Gasteiger partial charge in [0.15, 0.2) is 0 Å². The van der Waals surface area contributed by atoms with E-state index in [1.54, 1.807) is 6.20 Å². The summed E-state index contributed by atoms with van der Waals surface area (Å²) in [7, 11) is 1.93. The fourth-order valence-electron chi connectivity index (χ4n) is 1.48. The van der Waals surface area contributed by atoms with Crippen LogP contribution < -0.4 is 11.1 Å². The maximum Gasteiger partial charge on any atom is 0.00278 e. The van der Waals surface area contributed by atoms with Gasteiger partial charge in [0.2, 0.25) is 0 Å². The highest BCUT2D eigenvalue weighted by Gasteiger charge is 2.09. The van der Waals surface area contributed by atoms with Gasteiger partial charge in [-0.15, -0.1) is 0 Å². The summed E-state index contributed by atoms with van der Waals surface area (Å²) < 4.78 is 0. The molecule has 1 aliphatic rings. The van der Waals surface area contributed by atoms with Crippen LogP contribution in [0.2, 0.25) is 0 Å². The maximum atomic E-state index is 5.49. The van der Waals surface area contributed by atoms with Crippen molar-refractivity contribution in [2.45, 2.75) is 25.7 Å². The highest BCUT2D eigenvalue weighted by molar-refractivity contribution is 5.31. The third kappa shape index (κ3) is 2.00. The summed E-state index contributed by atoms with van der Waals surface area (Å²) in [6.07, 6.45) is 8.68. The van der Waals surface area contributed by atoms with Crippen molar-refractivity contribution in [1.29, 1.82) is 0 Å². The Morgan fingerprint density at radius 1 is 1.27 bits per heavy atom. The van der Waals surface area contributed by atoms with E-state index in [1.807, 2.05) is 7.05 Å². The molecule has 0 aromatic heterocycles. The third-order valence-corrected chi connectivity index (χ3v) is 2.07. The molecule has 0 spiro atoms. The standard InChI is InChI=1S/C9H16N2/c1-11-7-9-5-3-2-4-8(9)6-10/h6-7,11H,2-5,10H2,1H3/b8-6-,9-7-. The molecule has 0 amide bonds. The van der Waals surface area contributed by atoms with Crippen LogP contribution in [-0.4, -0.2) is 7.05 Å². The van der Waals surface area contributed by atoms with Crippen LogP contribution in [0, 0.1) is 0 Å². The Morgan fingerprint density at radius 2 is 1.91 bits per heavy atom. The van der Waals surface area contributed by atoms with Crippen LogP contribution in [0.1, 0.15) is 25.7 Å². The lowest BCUT2D eigenvalue weighted by atomic mass is 9.91. The van der Waals surface area contributed by atoms with Crippen molar-refractivity contribution in [3.63, 3.8) is 0 Å². The monoisotopic (exact) mass is 152 g/mol. The van der Waals surface area contributed by atoms with Crippen molar-refractivity contribution in [3.8, 4) is 0 Å². The van der Waals surface area contributed by atoms with Crippen molar-refractivity contribution < 1.29 is 0 Å². The second-order valence-corrected chi connectivity index (χ2v) is 2.86. The Hall–Kier alpha value is -0.920. The van der Waals surface area contributed by atoms with Crippen LogP contribution in [-0.2, 0) is 0 Å². The van der Waals surface area contributed by atoms with E-state index in [4.69, 9.17) is 5.73 Å². The van der Waals surface area contributed by atoms with Gasteiger partial charge in [0, 0.05) is 7.05 Å². The molecule has 2 nitrogen and oxygen atoms in total. The lowest BCUT2D eigenvalue weighted by Gasteiger charge is -2.16. The van der Waals surface area contributed by atoms with Crippen LogP contribution in [0.5, 0.6) is 0 Å². The molecule has 0 radical (unpaired) electrons. The summed E-state index contributed by atoms with van der Waals surface area (Å²) in [5.74, 6) is 0. The quantitative estimate of drug-likeness (QED) is 0.597. The fourth-order valence-corrected chi connectivity index (χ4v) is 1.48. The van der Waals surface area contributed by atoms with Gasteiger partial charge in [0.25, 0.3) is 0 Å². The second kappa shape index (κ2) is 4.06. The van der Waals surface area contributed by atoms with Crippen LogP contribution in [0.25, 0.3) is 0 Å². The molecule has 0 unspecified atom stereocenters. The fraction of sp³-hybridized carbons (Fsp3) is 0.556. The second-order valence-electron chi connectivity index (χ2n) is 2.86. The van der Waals surface area contributed by atoms with Crippen molar-refractivity contribution in [2.24, 2.45) is 5.73 Å². The SMILES string of the molecule is CN/C=C1/CCCC/C1=C/N. The number of nitrogens with one attached hydrogen (secondary N) is 1. The molecule has 62 valence electrons. The van der Waals surface area contributed by atoms with E-state index < -0.39 is 0 Å². The van der Waals surface area contributed by atoms with Crippen LogP contribution >= 0.6 is 0 Å². The number of hydrogen-bond donors (Lipinski definition) is 2. The van der Waals surface area contributed by atoms with E-state index in [0.29, 0.717) is 0 Å². The van der Waals surface area contributed by atoms with Gasteiger partial charge in [-0.1, -0.05) is 0 Å². The van der Waals surface area contributed by atoms with Crippen LogP contribution in [0.15, 0.2) is 23.5 Å². The molecule has 0 aliphatic heterocycles. The Balaban J connectivity index is 2.67. The van der Waals surface area contributed by atoms with Crippen molar-refractivity contribution >= 4 is 0 Å². The molecule has 11 heavy (non-hydrogen) atoms. The Bertz CT molecular complexity index is 180. The molecule has 0 atom stereocenters. The molecular weight excluding hydrogens is 136 g/mol. The zero-order valence-electron chi connectivity index (χ0n) is 7.06. The minimum absolute atomic E-state index is 1.14. The highest BCUT2D eigenvalue weighted by Crippen LogP contribution is 2.26. The minimum atomic E-state index is 1.14. The first kappa shape index (κ1) is 8.18. The molecule has 1 saturated carbocycles. The topological polar surface area (TPSA) is 38.0 Å². The molecule has 3 N–H and O–H groups in total. The Labute approximate surface area is 68.2 Å². The molecule has 0 saturated heterocycles. The summed E-state index contributed by atoms with van der Waals surface area (Å²) in [6, 6.07) is 0. The smallest absolute Gasteiger partial charge is 0.00278 e. The van der Waals surface area contributed by atoms with E-state index in [9.17, 15) is 0 Å². The number of rotatable bonds is 1. The van der Waals surface area contributed by atoms with Gasteiger partial charge in [-0.2, -0.15) is 0 Å². The van der Waals surface area contributed by atoms with E-state index in [-0.39, 0.29) is 0 Å². The summed E-state index contributed by atoms with van der Waals surface area (Å²) in [5, 5.41) is 3.04. The molecule has 0 bridgehead atoms. The predicted octanol–water partition coefficient (Wildman–Crippen LogP) is 1.51. The summed E-state index contributed by atoms with van der Waals surface area (Å²) in [6.45, 7) is 0. The van der Waals surface area contributed by atoms with Crippen LogP contribution in [0.4, 0.5) is 0 Å². The Kier molecular flexibility index (Phi) is 3.02. The first-order chi connectivity index (χ1) is 5.38. The molecule has 1 rings (SSSR count). The van der Waals surface area contributed by atoms with Gasteiger partial charge >= 0.3 is 0 Å². The minimum Gasteiger partial charge on any atom is -0.404 e. The van der Waals surface area contributed by atoms with Gasteiger partial charge in [0.1, 0.15) is 0 Å². The van der Waals surface area contributed by atoms with Gasteiger partial charge in [0.05, 0.1) is 0 Å². The van der Waals surface area contributed by atoms with Crippen molar-refractivity contribution in [3.05, 3.63) is 23.5 Å². The van der Waals surface area contributed by atoms with E-state index in [2.05, 4.69) is 11.5 Å². The van der Waals surface area contributed by atoms with E-state index in [0.717, 1.165) is 6.42 Å². The number of allylic oxidation sites excluding steroid dienone is 2. The molecule has 2 heteroatoms. The average Bonchev–Trinajstić information content (AvgIpc) is 2.06. The lowest BCUT2D eigenvalue weighted by molar-refractivity contribution is 0.673. The zero-order valence-corrected chi connectivity index (χ0v) is 7.06. The van der Waals surface area contributed by atoms with Gasteiger partial charge in [-0.25, -0.2) is 0 Å². The average molecular weight is 152 g/mol.